The lowest BCUT2D eigenvalue weighted by atomic mass is 10.3. The molecule has 2 aromatic heterocycles. The van der Waals surface area contributed by atoms with Gasteiger partial charge in [0.15, 0.2) is 9.84 Å². The minimum atomic E-state index is -3.03. The molecule has 2 aromatic rings. The van der Waals surface area contributed by atoms with Crippen LogP contribution in [0.3, 0.4) is 0 Å². The van der Waals surface area contributed by atoms with Crippen LogP contribution in [0.15, 0.2) is 22.8 Å². The van der Waals surface area contributed by atoms with E-state index in [1.54, 1.807) is 0 Å². The van der Waals surface area contributed by atoms with E-state index in [1.165, 1.54) is 29.4 Å². The standard InChI is InChI=1S/C12H12N2O4S3/c15-10(18-8-2-4-21(16,17)6-8)5-20-12-9-1-3-19-11(9)13-7-14-12/h1,3,7-8H,2,4-6H2/t8-/m1/s1. The van der Waals surface area contributed by atoms with Crippen LogP contribution in [0, 0.1) is 0 Å². The number of hydrogen-bond acceptors (Lipinski definition) is 8. The molecule has 6 nitrogen and oxygen atoms in total. The third-order valence-electron chi connectivity index (χ3n) is 3.04. The maximum absolute atomic E-state index is 11.8. The highest BCUT2D eigenvalue weighted by Crippen LogP contribution is 2.27. The summed E-state index contributed by atoms with van der Waals surface area (Å²) in [5.74, 6) is -0.270. The van der Waals surface area contributed by atoms with Crippen LogP contribution in [0.4, 0.5) is 0 Å². The molecular weight excluding hydrogens is 332 g/mol. The number of carbonyl (C=O) groups is 1. The molecule has 1 saturated heterocycles. The van der Waals surface area contributed by atoms with Crippen LogP contribution in [-0.2, 0) is 19.4 Å². The van der Waals surface area contributed by atoms with Gasteiger partial charge in [-0.15, -0.1) is 11.3 Å². The van der Waals surface area contributed by atoms with E-state index in [4.69, 9.17) is 4.74 Å². The van der Waals surface area contributed by atoms with Crippen LogP contribution in [0.2, 0.25) is 0 Å². The number of hydrogen-bond donors (Lipinski definition) is 0. The molecule has 0 aromatic carbocycles. The molecule has 112 valence electrons. The number of esters is 1. The quantitative estimate of drug-likeness (QED) is 0.472. The Labute approximate surface area is 129 Å². The summed E-state index contributed by atoms with van der Waals surface area (Å²) in [5, 5.41) is 3.58. The van der Waals surface area contributed by atoms with Crippen LogP contribution in [-0.4, -0.2) is 47.7 Å². The normalized spacial score (nSPS) is 20.7. The van der Waals surface area contributed by atoms with E-state index < -0.39 is 21.9 Å². The molecule has 1 atom stereocenters. The minimum Gasteiger partial charge on any atom is -0.461 e. The van der Waals surface area contributed by atoms with Gasteiger partial charge < -0.3 is 4.74 Å². The summed E-state index contributed by atoms with van der Waals surface area (Å²) < 4.78 is 27.8. The van der Waals surface area contributed by atoms with Crippen molar-refractivity contribution in [3.05, 3.63) is 17.8 Å². The molecule has 1 fully saturated rings. The summed E-state index contributed by atoms with van der Waals surface area (Å²) in [5.41, 5.74) is 0. The zero-order valence-electron chi connectivity index (χ0n) is 10.9. The molecule has 1 aliphatic rings. The molecule has 0 saturated carbocycles. The second kappa shape index (κ2) is 5.90. The van der Waals surface area contributed by atoms with Crippen LogP contribution in [0.25, 0.3) is 10.2 Å². The fourth-order valence-corrected chi connectivity index (χ4v) is 5.24. The third-order valence-corrected chi connectivity index (χ3v) is 6.58. The van der Waals surface area contributed by atoms with E-state index in [2.05, 4.69) is 9.97 Å². The number of carbonyl (C=O) groups excluding carboxylic acids is 1. The first-order chi connectivity index (χ1) is 10.0. The number of thiophene rings is 1. The van der Waals surface area contributed by atoms with Crippen molar-refractivity contribution in [1.82, 2.24) is 9.97 Å². The molecule has 0 N–H and O–H groups in total. The Bertz CT molecular complexity index is 772. The number of sulfone groups is 1. The second-order valence-corrected chi connectivity index (χ2v) is 8.71. The zero-order chi connectivity index (χ0) is 14.9. The highest BCUT2D eigenvalue weighted by atomic mass is 32.2. The number of fused-ring (bicyclic) bond motifs is 1. The summed E-state index contributed by atoms with van der Waals surface area (Å²) in [7, 11) is -3.03. The first kappa shape index (κ1) is 14.7. The predicted molar refractivity (Wildman–Crippen MR) is 81.3 cm³/mol. The highest BCUT2D eigenvalue weighted by molar-refractivity contribution is 8.00. The topological polar surface area (TPSA) is 86.2 Å². The Balaban J connectivity index is 1.58. The number of ether oxygens (including phenoxy) is 1. The van der Waals surface area contributed by atoms with Gasteiger partial charge in [0.25, 0.3) is 0 Å². The summed E-state index contributed by atoms with van der Waals surface area (Å²) >= 11 is 2.79. The molecule has 0 unspecified atom stereocenters. The van der Waals surface area contributed by atoms with E-state index in [0.717, 1.165) is 15.2 Å². The Morgan fingerprint density at radius 3 is 3.10 bits per heavy atom. The van der Waals surface area contributed by atoms with Crippen LogP contribution in [0.1, 0.15) is 6.42 Å². The molecule has 0 bridgehead atoms. The van der Waals surface area contributed by atoms with Gasteiger partial charge in [-0.2, -0.15) is 0 Å². The molecule has 3 heterocycles. The van der Waals surface area contributed by atoms with Gasteiger partial charge in [0, 0.05) is 5.39 Å². The monoisotopic (exact) mass is 344 g/mol. The largest absolute Gasteiger partial charge is 0.461 e. The van der Waals surface area contributed by atoms with Gasteiger partial charge in [-0.3, -0.25) is 4.79 Å². The van der Waals surface area contributed by atoms with Crippen molar-refractivity contribution in [2.45, 2.75) is 17.6 Å². The third kappa shape index (κ3) is 3.53. The maximum atomic E-state index is 11.8. The smallest absolute Gasteiger partial charge is 0.316 e. The molecule has 21 heavy (non-hydrogen) atoms. The molecule has 3 rings (SSSR count). The lowest BCUT2D eigenvalue weighted by Crippen LogP contribution is -2.20. The van der Waals surface area contributed by atoms with Gasteiger partial charge in [0.2, 0.25) is 0 Å². The van der Waals surface area contributed by atoms with E-state index in [0.29, 0.717) is 6.42 Å². The Morgan fingerprint density at radius 2 is 2.33 bits per heavy atom. The molecule has 0 spiro atoms. The van der Waals surface area contributed by atoms with E-state index in [-0.39, 0.29) is 17.3 Å². The molecular formula is C12H12N2O4S3. The van der Waals surface area contributed by atoms with Crippen molar-refractivity contribution >= 4 is 49.1 Å². The lowest BCUT2D eigenvalue weighted by Gasteiger charge is -2.09. The van der Waals surface area contributed by atoms with Crippen molar-refractivity contribution in [2.75, 3.05) is 17.3 Å². The molecule has 0 amide bonds. The van der Waals surface area contributed by atoms with Gasteiger partial charge in [0.1, 0.15) is 22.3 Å². The number of aromatic nitrogens is 2. The van der Waals surface area contributed by atoms with Crippen LogP contribution < -0.4 is 0 Å². The van der Waals surface area contributed by atoms with Gasteiger partial charge in [-0.1, -0.05) is 11.8 Å². The summed E-state index contributed by atoms with van der Waals surface area (Å²) in [6.45, 7) is 0. The minimum absolute atomic E-state index is 0.0638. The van der Waals surface area contributed by atoms with Crippen molar-refractivity contribution < 1.29 is 17.9 Å². The highest BCUT2D eigenvalue weighted by Gasteiger charge is 2.30. The number of rotatable bonds is 4. The fraction of sp³-hybridized carbons (Fsp3) is 0.417. The summed E-state index contributed by atoms with van der Waals surface area (Å²) in [6.07, 6.45) is 1.35. The van der Waals surface area contributed by atoms with E-state index >= 15 is 0 Å². The second-order valence-electron chi connectivity index (χ2n) is 4.62. The molecule has 0 radical (unpaired) electrons. The van der Waals surface area contributed by atoms with E-state index in [1.807, 2.05) is 11.4 Å². The van der Waals surface area contributed by atoms with Crippen LogP contribution >= 0.6 is 23.1 Å². The zero-order valence-corrected chi connectivity index (χ0v) is 13.3. The molecule has 1 aliphatic heterocycles. The number of thioether (sulfide) groups is 1. The molecule has 9 heteroatoms. The predicted octanol–water partition coefficient (Wildman–Crippen LogP) is 1.51. The van der Waals surface area contributed by atoms with Crippen LogP contribution in [0.5, 0.6) is 0 Å². The summed E-state index contributed by atoms with van der Waals surface area (Å²) in [4.78, 5) is 21.0. The van der Waals surface area contributed by atoms with Gasteiger partial charge in [-0.05, 0) is 17.9 Å². The average Bonchev–Trinajstić information content (AvgIpc) is 3.03. The first-order valence-electron chi connectivity index (χ1n) is 6.24. The maximum Gasteiger partial charge on any atom is 0.316 e. The fourth-order valence-electron chi connectivity index (χ4n) is 2.08. The van der Waals surface area contributed by atoms with Crippen molar-refractivity contribution in [1.29, 1.82) is 0 Å². The van der Waals surface area contributed by atoms with Gasteiger partial charge in [0.05, 0.1) is 17.3 Å². The van der Waals surface area contributed by atoms with Crippen molar-refractivity contribution in [2.24, 2.45) is 0 Å². The average molecular weight is 344 g/mol. The van der Waals surface area contributed by atoms with Crippen molar-refractivity contribution in [3.63, 3.8) is 0 Å². The SMILES string of the molecule is O=C(CSc1ncnc2sccc12)O[C@@H]1CCS(=O)(=O)C1. The first-order valence-corrected chi connectivity index (χ1v) is 9.93. The summed E-state index contributed by atoms with van der Waals surface area (Å²) in [6, 6.07) is 1.91. The van der Waals surface area contributed by atoms with E-state index in [9.17, 15) is 13.2 Å². The Kier molecular flexibility index (Phi) is 4.14. The van der Waals surface area contributed by atoms with Gasteiger partial charge >= 0.3 is 5.97 Å². The Morgan fingerprint density at radius 1 is 1.48 bits per heavy atom. The molecule has 0 aliphatic carbocycles. The Hall–Kier alpha value is -1.19. The number of nitrogens with zero attached hydrogens (tertiary/aromatic N) is 2. The van der Waals surface area contributed by atoms with Gasteiger partial charge in [-0.25, -0.2) is 18.4 Å². The van der Waals surface area contributed by atoms with Crippen molar-refractivity contribution in [3.8, 4) is 0 Å². The lowest BCUT2D eigenvalue weighted by molar-refractivity contribution is -0.144.